The number of fused-ring (bicyclic) bond motifs is 3. The first kappa shape index (κ1) is 10.8. The summed E-state index contributed by atoms with van der Waals surface area (Å²) in [7, 11) is 0. The molecule has 0 radical (unpaired) electrons. The van der Waals surface area contributed by atoms with E-state index in [1.54, 1.807) is 0 Å². The summed E-state index contributed by atoms with van der Waals surface area (Å²) < 4.78 is 2.34. The Labute approximate surface area is 110 Å². The van der Waals surface area contributed by atoms with Crippen LogP contribution in [0.25, 0.3) is 11.3 Å². The van der Waals surface area contributed by atoms with Crippen LogP contribution in [0.2, 0.25) is 0 Å². The van der Waals surface area contributed by atoms with Crippen molar-refractivity contribution in [2.24, 2.45) is 5.92 Å². The normalized spacial score (nSPS) is 30.2. The highest BCUT2D eigenvalue weighted by Gasteiger charge is 2.36. The topological polar surface area (TPSA) is 38.1 Å². The fourth-order valence-electron chi connectivity index (χ4n) is 3.48. The highest BCUT2D eigenvalue weighted by Crippen LogP contribution is 2.49. The van der Waals surface area contributed by atoms with Crippen LogP contribution in [-0.4, -0.2) is 20.8 Å². The number of imidazole rings is 1. The van der Waals surface area contributed by atoms with Gasteiger partial charge >= 0.3 is 0 Å². The van der Waals surface area contributed by atoms with Crippen LogP contribution < -0.4 is 0 Å². The van der Waals surface area contributed by atoms with E-state index >= 15 is 0 Å². The summed E-state index contributed by atoms with van der Waals surface area (Å²) in [4.78, 5) is 5.79. The fraction of sp³-hybridized carbons (Fsp3) is 0.500. The van der Waals surface area contributed by atoms with Crippen molar-refractivity contribution in [3.63, 3.8) is 0 Å². The van der Waals surface area contributed by atoms with Crippen molar-refractivity contribution in [3.8, 4) is 11.3 Å². The van der Waals surface area contributed by atoms with Crippen molar-refractivity contribution in [3.05, 3.63) is 28.8 Å². The average Bonchev–Trinajstić information content (AvgIpc) is 3.03. The average molecular weight is 260 g/mol. The Morgan fingerprint density at radius 3 is 2.94 bits per heavy atom. The Kier molecular flexibility index (Phi) is 2.35. The van der Waals surface area contributed by atoms with Crippen LogP contribution in [0.4, 0.5) is 0 Å². The number of rotatable bonds is 1. The van der Waals surface area contributed by atoms with Crippen molar-refractivity contribution in [2.75, 3.05) is 0 Å². The number of thiophene rings is 1. The van der Waals surface area contributed by atoms with E-state index in [1.165, 1.54) is 16.1 Å². The SMILES string of the molecule is OC1CCC([C@H]2c3sccc3-c3cncn32)CC1. The van der Waals surface area contributed by atoms with Crippen molar-refractivity contribution < 1.29 is 5.11 Å². The van der Waals surface area contributed by atoms with Crippen LogP contribution in [0.15, 0.2) is 24.0 Å². The molecular formula is C14H16N2OS. The molecule has 94 valence electrons. The molecule has 4 heteroatoms. The smallest absolute Gasteiger partial charge is 0.0957 e. The Balaban J connectivity index is 1.74. The first-order chi connectivity index (χ1) is 8.84. The van der Waals surface area contributed by atoms with Crippen LogP contribution in [0, 0.1) is 5.92 Å². The van der Waals surface area contributed by atoms with E-state index in [-0.39, 0.29) is 6.10 Å². The second-order valence-electron chi connectivity index (χ2n) is 5.40. The van der Waals surface area contributed by atoms with Gasteiger partial charge in [0.25, 0.3) is 0 Å². The number of hydrogen-bond acceptors (Lipinski definition) is 3. The molecule has 0 spiro atoms. The number of aliphatic hydroxyl groups excluding tert-OH is 1. The van der Waals surface area contributed by atoms with E-state index < -0.39 is 0 Å². The van der Waals surface area contributed by atoms with Gasteiger partial charge in [-0.15, -0.1) is 11.3 Å². The van der Waals surface area contributed by atoms with Gasteiger partial charge in [-0.2, -0.15) is 0 Å². The molecule has 2 aromatic heterocycles. The van der Waals surface area contributed by atoms with Crippen LogP contribution in [0.1, 0.15) is 36.6 Å². The zero-order chi connectivity index (χ0) is 12.1. The fourth-order valence-corrected chi connectivity index (χ4v) is 4.58. The Hall–Kier alpha value is -1.13. The van der Waals surface area contributed by atoms with Crippen molar-refractivity contribution in [2.45, 2.75) is 37.8 Å². The molecule has 2 aromatic rings. The van der Waals surface area contributed by atoms with Gasteiger partial charge in [-0.1, -0.05) is 0 Å². The maximum Gasteiger partial charge on any atom is 0.0957 e. The summed E-state index contributed by atoms with van der Waals surface area (Å²) in [5.74, 6) is 0.654. The highest BCUT2D eigenvalue weighted by atomic mass is 32.1. The van der Waals surface area contributed by atoms with Gasteiger partial charge in [-0.05, 0) is 43.0 Å². The van der Waals surface area contributed by atoms with Crippen LogP contribution in [0.5, 0.6) is 0 Å². The van der Waals surface area contributed by atoms with Crippen LogP contribution in [-0.2, 0) is 0 Å². The molecule has 0 bridgehead atoms. The number of nitrogens with zero attached hydrogens (tertiary/aromatic N) is 2. The van der Waals surface area contributed by atoms with Gasteiger partial charge in [0.05, 0.1) is 30.4 Å². The standard InChI is InChI=1S/C14H16N2OS/c17-10-3-1-9(2-4-10)13-14-11(5-6-18-14)12-7-15-8-16(12)13/h5-10,13,17H,1-4H2/t9?,10?,13-/m0/s1. The van der Waals surface area contributed by atoms with Gasteiger partial charge < -0.3 is 9.67 Å². The third-order valence-corrected chi connectivity index (χ3v) is 5.38. The lowest BCUT2D eigenvalue weighted by Crippen LogP contribution is -2.25. The van der Waals surface area contributed by atoms with Gasteiger partial charge in [0.2, 0.25) is 0 Å². The molecule has 1 aliphatic carbocycles. The zero-order valence-electron chi connectivity index (χ0n) is 10.1. The van der Waals surface area contributed by atoms with E-state index in [0.717, 1.165) is 25.7 Å². The lowest BCUT2D eigenvalue weighted by Gasteiger charge is -2.30. The molecule has 1 atom stereocenters. The predicted molar refractivity (Wildman–Crippen MR) is 71.6 cm³/mol. The summed E-state index contributed by atoms with van der Waals surface area (Å²) in [6, 6.07) is 2.68. The molecule has 2 aliphatic rings. The molecule has 1 saturated carbocycles. The van der Waals surface area contributed by atoms with Gasteiger partial charge in [-0.3, -0.25) is 0 Å². The molecule has 0 aromatic carbocycles. The first-order valence-electron chi connectivity index (χ1n) is 6.62. The summed E-state index contributed by atoms with van der Waals surface area (Å²) in [5.41, 5.74) is 2.64. The molecule has 3 nitrogen and oxygen atoms in total. The van der Waals surface area contributed by atoms with E-state index in [2.05, 4.69) is 21.0 Å². The zero-order valence-corrected chi connectivity index (χ0v) is 10.9. The predicted octanol–water partition coefficient (Wildman–Crippen LogP) is 3.07. The van der Waals surface area contributed by atoms with Gasteiger partial charge in [0, 0.05) is 10.4 Å². The number of aromatic nitrogens is 2. The van der Waals surface area contributed by atoms with E-state index in [0.29, 0.717) is 12.0 Å². The molecule has 0 saturated heterocycles. The molecule has 3 heterocycles. The summed E-state index contributed by atoms with van der Waals surface area (Å²) in [6.45, 7) is 0. The van der Waals surface area contributed by atoms with Crippen molar-refractivity contribution in [1.82, 2.24) is 9.55 Å². The third-order valence-electron chi connectivity index (χ3n) is 4.39. The minimum Gasteiger partial charge on any atom is -0.393 e. The largest absolute Gasteiger partial charge is 0.393 e. The molecular weight excluding hydrogens is 244 g/mol. The number of aliphatic hydroxyl groups is 1. The van der Waals surface area contributed by atoms with Crippen LogP contribution >= 0.6 is 11.3 Å². The summed E-state index contributed by atoms with van der Waals surface area (Å²) in [5, 5.41) is 11.9. The third kappa shape index (κ3) is 1.42. The lowest BCUT2D eigenvalue weighted by atomic mass is 9.82. The molecule has 1 fully saturated rings. The second kappa shape index (κ2) is 3.93. The highest BCUT2D eigenvalue weighted by molar-refractivity contribution is 7.10. The summed E-state index contributed by atoms with van der Waals surface area (Å²) in [6.07, 6.45) is 8.02. The van der Waals surface area contributed by atoms with E-state index in [4.69, 9.17) is 0 Å². The Morgan fingerprint density at radius 1 is 1.28 bits per heavy atom. The van der Waals surface area contributed by atoms with Crippen molar-refractivity contribution in [1.29, 1.82) is 0 Å². The lowest BCUT2D eigenvalue weighted by molar-refractivity contribution is 0.0991. The van der Waals surface area contributed by atoms with Gasteiger partial charge in [-0.25, -0.2) is 4.98 Å². The van der Waals surface area contributed by atoms with Crippen LogP contribution in [0.3, 0.4) is 0 Å². The molecule has 0 amide bonds. The monoisotopic (exact) mass is 260 g/mol. The second-order valence-corrected chi connectivity index (χ2v) is 6.35. The van der Waals surface area contributed by atoms with Crippen molar-refractivity contribution >= 4 is 11.3 Å². The van der Waals surface area contributed by atoms with Gasteiger partial charge in [0.15, 0.2) is 0 Å². The molecule has 0 unspecified atom stereocenters. The minimum atomic E-state index is -0.0762. The molecule has 1 N–H and O–H groups in total. The first-order valence-corrected chi connectivity index (χ1v) is 7.50. The minimum absolute atomic E-state index is 0.0762. The van der Waals surface area contributed by atoms with E-state index in [1.807, 2.05) is 23.9 Å². The quantitative estimate of drug-likeness (QED) is 0.855. The van der Waals surface area contributed by atoms with Gasteiger partial charge in [0.1, 0.15) is 0 Å². The Morgan fingerprint density at radius 2 is 2.11 bits per heavy atom. The molecule has 18 heavy (non-hydrogen) atoms. The molecule has 1 aliphatic heterocycles. The molecule has 4 rings (SSSR count). The Bertz CT molecular complexity index is 526. The number of hydrogen-bond donors (Lipinski definition) is 1. The maximum atomic E-state index is 9.66. The maximum absolute atomic E-state index is 9.66. The van der Waals surface area contributed by atoms with E-state index in [9.17, 15) is 5.11 Å². The summed E-state index contributed by atoms with van der Waals surface area (Å²) >= 11 is 1.86.